The first kappa shape index (κ1) is 18.4. The SMILES string of the molecule is CCOc1ccc(C(=O)COC(=O)CCn2c(=O)oc3ccccc32)cc1. The number of rotatable bonds is 8. The highest BCUT2D eigenvalue weighted by Gasteiger charge is 2.13. The second-order valence-electron chi connectivity index (χ2n) is 5.78. The molecule has 0 saturated heterocycles. The van der Waals surface area contributed by atoms with Crippen LogP contribution in [0.3, 0.4) is 0 Å². The van der Waals surface area contributed by atoms with Crippen LogP contribution < -0.4 is 10.5 Å². The van der Waals surface area contributed by atoms with Gasteiger partial charge in [0.25, 0.3) is 0 Å². The number of oxazole rings is 1. The molecule has 0 atom stereocenters. The van der Waals surface area contributed by atoms with Crippen LogP contribution >= 0.6 is 0 Å². The summed E-state index contributed by atoms with van der Waals surface area (Å²) in [6.45, 7) is 2.18. The Morgan fingerprint density at radius 3 is 2.56 bits per heavy atom. The molecule has 0 saturated carbocycles. The van der Waals surface area contributed by atoms with Gasteiger partial charge in [-0.3, -0.25) is 14.2 Å². The van der Waals surface area contributed by atoms with Crippen molar-refractivity contribution in [3.8, 4) is 5.75 Å². The van der Waals surface area contributed by atoms with E-state index in [-0.39, 0.29) is 25.4 Å². The maximum Gasteiger partial charge on any atom is 0.419 e. The number of nitrogens with zero attached hydrogens (tertiary/aromatic N) is 1. The van der Waals surface area contributed by atoms with E-state index in [1.54, 1.807) is 48.5 Å². The Morgan fingerprint density at radius 1 is 1.07 bits per heavy atom. The summed E-state index contributed by atoms with van der Waals surface area (Å²) in [6, 6.07) is 13.6. The monoisotopic (exact) mass is 369 g/mol. The van der Waals surface area contributed by atoms with Crippen molar-refractivity contribution in [2.75, 3.05) is 13.2 Å². The van der Waals surface area contributed by atoms with E-state index in [0.29, 0.717) is 29.0 Å². The van der Waals surface area contributed by atoms with E-state index in [1.165, 1.54) is 4.57 Å². The molecule has 0 aliphatic rings. The largest absolute Gasteiger partial charge is 0.494 e. The Morgan fingerprint density at radius 2 is 1.81 bits per heavy atom. The average molecular weight is 369 g/mol. The number of esters is 1. The minimum atomic E-state index is -0.563. The number of aromatic nitrogens is 1. The van der Waals surface area contributed by atoms with Crippen LogP contribution in [0.1, 0.15) is 23.7 Å². The molecule has 0 unspecified atom stereocenters. The molecule has 0 spiro atoms. The highest BCUT2D eigenvalue weighted by Crippen LogP contribution is 2.13. The third-order valence-electron chi connectivity index (χ3n) is 3.96. The van der Waals surface area contributed by atoms with Crippen molar-refractivity contribution < 1.29 is 23.5 Å². The van der Waals surface area contributed by atoms with Crippen LogP contribution in [0.4, 0.5) is 0 Å². The molecule has 27 heavy (non-hydrogen) atoms. The van der Waals surface area contributed by atoms with Gasteiger partial charge in [0, 0.05) is 12.1 Å². The average Bonchev–Trinajstić information content (AvgIpc) is 3.00. The van der Waals surface area contributed by atoms with Gasteiger partial charge in [-0.15, -0.1) is 0 Å². The number of hydrogen-bond donors (Lipinski definition) is 0. The van der Waals surface area contributed by atoms with Crippen molar-refractivity contribution in [1.29, 1.82) is 0 Å². The van der Waals surface area contributed by atoms with Gasteiger partial charge in [0.2, 0.25) is 0 Å². The van der Waals surface area contributed by atoms with Gasteiger partial charge in [-0.1, -0.05) is 12.1 Å². The maximum absolute atomic E-state index is 12.1. The molecule has 0 amide bonds. The highest BCUT2D eigenvalue weighted by molar-refractivity contribution is 5.98. The predicted octanol–water partition coefficient (Wildman–Crippen LogP) is 2.81. The number of hydrogen-bond acceptors (Lipinski definition) is 6. The molecule has 0 bridgehead atoms. The third kappa shape index (κ3) is 4.44. The minimum absolute atomic E-state index is 0.0417. The number of ether oxygens (including phenoxy) is 2. The van der Waals surface area contributed by atoms with Crippen LogP contribution in [-0.4, -0.2) is 29.5 Å². The summed E-state index contributed by atoms with van der Waals surface area (Å²) >= 11 is 0. The maximum atomic E-state index is 12.1. The summed E-state index contributed by atoms with van der Waals surface area (Å²) in [5.74, 6) is -0.734. The molecule has 140 valence electrons. The van der Waals surface area contributed by atoms with Crippen LogP contribution in [0.25, 0.3) is 11.1 Å². The Hall–Kier alpha value is -3.35. The fourth-order valence-corrected chi connectivity index (χ4v) is 2.63. The van der Waals surface area contributed by atoms with E-state index in [9.17, 15) is 14.4 Å². The van der Waals surface area contributed by atoms with Crippen molar-refractivity contribution in [3.05, 3.63) is 64.6 Å². The number of carbonyl (C=O) groups is 2. The van der Waals surface area contributed by atoms with E-state index < -0.39 is 11.7 Å². The molecule has 0 radical (unpaired) electrons. The van der Waals surface area contributed by atoms with Gasteiger partial charge >= 0.3 is 11.7 Å². The lowest BCUT2D eigenvalue weighted by molar-refractivity contribution is -0.142. The Kier molecular flexibility index (Phi) is 5.71. The molecule has 2 aromatic carbocycles. The van der Waals surface area contributed by atoms with E-state index in [0.717, 1.165) is 0 Å². The molecule has 0 aliphatic heterocycles. The van der Waals surface area contributed by atoms with Gasteiger partial charge in [0.05, 0.1) is 18.5 Å². The number of aryl methyl sites for hydroxylation is 1. The topological polar surface area (TPSA) is 87.7 Å². The summed E-state index contributed by atoms with van der Waals surface area (Å²) in [6.07, 6.45) is -0.0417. The van der Waals surface area contributed by atoms with Crippen molar-refractivity contribution in [3.63, 3.8) is 0 Å². The van der Waals surface area contributed by atoms with E-state index in [4.69, 9.17) is 13.9 Å². The molecule has 0 N–H and O–H groups in total. The van der Waals surface area contributed by atoms with Gasteiger partial charge in [0.15, 0.2) is 18.0 Å². The fourth-order valence-electron chi connectivity index (χ4n) is 2.63. The Balaban J connectivity index is 1.52. The summed E-state index contributed by atoms with van der Waals surface area (Å²) < 4.78 is 16.8. The van der Waals surface area contributed by atoms with Gasteiger partial charge in [0.1, 0.15) is 5.75 Å². The van der Waals surface area contributed by atoms with Gasteiger partial charge < -0.3 is 13.9 Å². The molecule has 0 aliphatic carbocycles. The number of carbonyl (C=O) groups excluding carboxylic acids is 2. The van der Waals surface area contributed by atoms with Crippen molar-refractivity contribution in [1.82, 2.24) is 4.57 Å². The number of fused-ring (bicyclic) bond motifs is 1. The highest BCUT2D eigenvalue weighted by atomic mass is 16.5. The minimum Gasteiger partial charge on any atom is -0.494 e. The van der Waals surface area contributed by atoms with Crippen LogP contribution in [0.2, 0.25) is 0 Å². The normalized spacial score (nSPS) is 10.7. The zero-order valence-corrected chi connectivity index (χ0v) is 14.8. The number of benzene rings is 2. The molecule has 7 heteroatoms. The molecule has 1 heterocycles. The Labute approximate surface area is 155 Å². The van der Waals surface area contributed by atoms with Crippen LogP contribution in [-0.2, 0) is 16.1 Å². The quantitative estimate of drug-likeness (QED) is 0.448. The third-order valence-corrected chi connectivity index (χ3v) is 3.96. The molecule has 3 aromatic rings. The zero-order valence-electron chi connectivity index (χ0n) is 14.8. The lowest BCUT2D eigenvalue weighted by Gasteiger charge is -2.06. The molecule has 3 rings (SSSR count). The van der Waals surface area contributed by atoms with Gasteiger partial charge in [-0.2, -0.15) is 0 Å². The first-order valence-corrected chi connectivity index (χ1v) is 8.58. The summed E-state index contributed by atoms with van der Waals surface area (Å²) in [5.41, 5.74) is 1.51. The lowest BCUT2D eigenvalue weighted by Crippen LogP contribution is -2.19. The van der Waals surface area contributed by atoms with Gasteiger partial charge in [-0.25, -0.2) is 4.79 Å². The standard InChI is InChI=1S/C20H19NO6/c1-2-25-15-9-7-14(8-10-15)17(22)13-26-19(23)11-12-21-16-5-3-4-6-18(16)27-20(21)24/h3-10H,2,11-13H2,1H3. The summed E-state index contributed by atoms with van der Waals surface area (Å²) in [5, 5.41) is 0. The van der Waals surface area contributed by atoms with Crippen LogP contribution in [0.15, 0.2) is 57.7 Å². The second kappa shape index (κ2) is 8.35. The first-order chi connectivity index (χ1) is 13.1. The summed E-state index contributed by atoms with van der Waals surface area (Å²) in [4.78, 5) is 35.9. The lowest BCUT2D eigenvalue weighted by atomic mass is 10.1. The first-order valence-electron chi connectivity index (χ1n) is 8.58. The fraction of sp³-hybridized carbons (Fsp3) is 0.250. The predicted molar refractivity (Wildman–Crippen MR) is 98.0 cm³/mol. The van der Waals surface area contributed by atoms with Crippen molar-refractivity contribution in [2.24, 2.45) is 0 Å². The molecule has 1 aromatic heterocycles. The molecular weight excluding hydrogens is 350 g/mol. The van der Waals surface area contributed by atoms with E-state index >= 15 is 0 Å². The van der Waals surface area contributed by atoms with E-state index in [1.807, 2.05) is 6.92 Å². The molecule has 7 nitrogen and oxygen atoms in total. The van der Waals surface area contributed by atoms with Crippen LogP contribution in [0.5, 0.6) is 5.75 Å². The molecule has 0 fully saturated rings. The number of para-hydroxylation sites is 2. The van der Waals surface area contributed by atoms with Gasteiger partial charge in [-0.05, 0) is 43.3 Å². The van der Waals surface area contributed by atoms with Crippen molar-refractivity contribution in [2.45, 2.75) is 19.9 Å². The van der Waals surface area contributed by atoms with Crippen LogP contribution in [0, 0.1) is 0 Å². The van der Waals surface area contributed by atoms with Crippen molar-refractivity contribution >= 4 is 22.9 Å². The number of Topliss-reactive ketones (excluding diaryl/α,β-unsaturated/α-hetero) is 1. The molecular formula is C20H19NO6. The zero-order chi connectivity index (χ0) is 19.2. The Bertz CT molecular complexity index is 999. The van der Waals surface area contributed by atoms with E-state index in [2.05, 4.69) is 0 Å². The summed E-state index contributed by atoms with van der Waals surface area (Å²) in [7, 11) is 0. The smallest absolute Gasteiger partial charge is 0.419 e. The number of ketones is 1. The second-order valence-corrected chi connectivity index (χ2v) is 5.78.